The third-order valence-electron chi connectivity index (χ3n) is 5.78. The highest BCUT2D eigenvalue weighted by Crippen LogP contribution is 2.22. The molecule has 186 valence electrons. The van der Waals surface area contributed by atoms with E-state index in [0.717, 1.165) is 11.8 Å². The molecule has 0 bridgehead atoms. The quantitative estimate of drug-likeness (QED) is 0.196. The van der Waals surface area contributed by atoms with Crippen LogP contribution < -0.4 is 4.90 Å². The molecule has 0 atom stereocenters. The molecule has 4 rings (SSSR count). The number of hydrogen-bond donors (Lipinski definition) is 0. The molecular weight excluding hydrogens is 486 g/mol. The van der Waals surface area contributed by atoms with Crippen LogP contribution in [-0.4, -0.2) is 62.2 Å². The lowest BCUT2D eigenvalue weighted by molar-refractivity contribution is -0.384. The van der Waals surface area contributed by atoms with E-state index in [1.807, 2.05) is 30.3 Å². The average molecular weight is 510 g/mol. The minimum absolute atomic E-state index is 0.0224. The number of piperazine rings is 1. The molecule has 3 aromatic carbocycles. The lowest BCUT2D eigenvalue weighted by atomic mass is 10.1. The van der Waals surface area contributed by atoms with E-state index in [4.69, 9.17) is 4.74 Å². The van der Waals surface area contributed by atoms with Gasteiger partial charge in [-0.25, -0.2) is 13.2 Å². The van der Waals surface area contributed by atoms with Crippen molar-refractivity contribution in [2.45, 2.75) is 4.90 Å². The molecule has 0 aliphatic carbocycles. The summed E-state index contributed by atoms with van der Waals surface area (Å²) in [6, 6.07) is 20.3. The Hall–Kier alpha value is -4.09. The number of nitrogens with zero attached hydrogens (tertiary/aromatic N) is 3. The highest BCUT2D eigenvalue weighted by atomic mass is 32.2. The van der Waals surface area contributed by atoms with Crippen LogP contribution in [-0.2, 0) is 14.8 Å². The molecule has 0 aromatic heterocycles. The first-order valence-corrected chi connectivity index (χ1v) is 12.5. The first kappa shape index (κ1) is 25.0. The minimum atomic E-state index is -3.84. The standard InChI is InChI=1S/C25H23N3O7S/c29-24(19-6-4-10-22(16-19)28(31)32)18-35-25(30)20-7-5-11-23(17-20)36(33,34)27-14-12-26(13-15-27)21-8-2-1-3-9-21/h1-11,16-17H,12-15,18H2. The number of carbonyl (C=O) groups excluding carboxylic acids is 2. The van der Waals surface area contributed by atoms with Crippen LogP contribution in [0.4, 0.5) is 11.4 Å². The van der Waals surface area contributed by atoms with Gasteiger partial charge in [0.15, 0.2) is 6.61 Å². The summed E-state index contributed by atoms with van der Waals surface area (Å²) in [5.41, 5.74) is 0.780. The number of ketones is 1. The van der Waals surface area contributed by atoms with Crippen LogP contribution in [0.25, 0.3) is 0 Å². The highest BCUT2D eigenvalue weighted by molar-refractivity contribution is 7.89. The SMILES string of the molecule is O=C(COC(=O)c1cccc(S(=O)(=O)N2CCN(c3ccccc3)CC2)c1)c1cccc([N+](=O)[O-])c1. The van der Waals surface area contributed by atoms with Crippen molar-refractivity contribution in [3.8, 4) is 0 Å². The van der Waals surface area contributed by atoms with Gasteiger partial charge in [-0.2, -0.15) is 4.31 Å². The van der Waals surface area contributed by atoms with Gasteiger partial charge in [-0.15, -0.1) is 0 Å². The highest BCUT2D eigenvalue weighted by Gasteiger charge is 2.29. The normalized spacial score (nSPS) is 14.3. The number of carbonyl (C=O) groups is 2. The van der Waals surface area contributed by atoms with E-state index >= 15 is 0 Å². The van der Waals surface area contributed by atoms with Gasteiger partial charge in [0.2, 0.25) is 15.8 Å². The van der Waals surface area contributed by atoms with Gasteiger partial charge >= 0.3 is 5.97 Å². The molecule has 1 heterocycles. The number of sulfonamides is 1. The molecule has 10 nitrogen and oxygen atoms in total. The smallest absolute Gasteiger partial charge is 0.338 e. The van der Waals surface area contributed by atoms with E-state index < -0.39 is 33.3 Å². The fourth-order valence-corrected chi connectivity index (χ4v) is 5.32. The summed E-state index contributed by atoms with van der Waals surface area (Å²) in [5.74, 6) is -1.49. The molecule has 0 saturated carbocycles. The van der Waals surface area contributed by atoms with Gasteiger partial charge in [-0.1, -0.05) is 36.4 Å². The Morgan fingerprint density at radius 3 is 2.22 bits per heavy atom. The van der Waals surface area contributed by atoms with Crippen molar-refractivity contribution < 1.29 is 27.7 Å². The van der Waals surface area contributed by atoms with Gasteiger partial charge in [0.05, 0.1) is 15.4 Å². The fourth-order valence-electron chi connectivity index (χ4n) is 3.85. The number of hydrogen-bond acceptors (Lipinski definition) is 8. The number of para-hydroxylation sites is 1. The zero-order valence-electron chi connectivity index (χ0n) is 19.1. The largest absolute Gasteiger partial charge is 0.454 e. The van der Waals surface area contributed by atoms with Gasteiger partial charge in [0.1, 0.15) is 0 Å². The van der Waals surface area contributed by atoms with Gasteiger partial charge in [-0.3, -0.25) is 14.9 Å². The third-order valence-corrected chi connectivity index (χ3v) is 7.68. The Bertz CT molecular complexity index is 1390. The van der Waals surface area contributed by atoms with Crippen LogP contribution in [0.5, 0.6) is 0 Å². The monoisotopic (exact) mass is 509 g/mol. The molecule has 0 N–H and O–H groups in total. The number of ether oxygens (including phenoxy) is 1. The zero-order chi connectivity index (χ0) is 25.7. The van der Waals surface area contributed by atoms with Gasteiger partial charge in [0, 0.05) is 49.6 Å². The molecule has 11 heteroatoms. The van der Waals surface area contributed by atoms with E-state index in [2.05, 4.69) is 4.90 Å². The zero-order valence-corrected chi connectivity index (χ0v) is 20.0. The van der Waals surface area contributed by atoms with Crippen molar-refractivity contribution in [1.82, 2.24) is 4.31 Å². The Labute approximate surface area is 207 Å². The third kappa shape index (κ3) is 5.58. The molecule has 1 saturated heterocycles. The number of esters is 1. The number of Topliss-reactive ketones (excluding diaryl/α,β-unsaturated/α-hetero) is 1. The Morgan fingerprint density at radius 1 is 0.861 bits per heavy atom. The summed E-state index contributed by atoms with van der Waals surface area (Å²) < 4.78 is 32.8. The fraction of sp³-hybridized carbons (Fsp3) is 0.200. The molecule has 3 aromatic rings. The molecule has 1 aliphatic rings. The summed E-state index contributed by atoms with van der Waals surface area (Å²) in [4.78, 5) is 37.1. The summed E-state index contributed by atoms with van der Waals surface area (Å²) in [5, 5.41) is 10.9. The average Bonchev–Trinajstić information content (AvgIpc) is 2.92. The van der Waals surface area contributed by atoms with Crippen molar-refractivity contribution in [2.75, 3.05) is 37.7 Å². The number of nitro benzene ring substituents is 1. The van der Waals surface area contributed by atoms with Crippen molar-refractivity contribution in [3.63, 3.8) is 0 Å². The van der Waals surface area contributed by atoms with E-state index in [9.17, 15) is 28.1 Å². The first-order valence-electron chi connectivity index (χ1n) is 11.1. The number of non-ortho nitro benzene ring substituents is 1. The topological polar surface area (TPSA) is 127 Å². The Kier molecular flexibility index (Phi) is 7.41. The first-order chi connectivity index (χ1) is 17.3. The number of nitro groups is 1. The molecule has 0 spiro atoms. The molecule has 0 radical (unpaired) electrons. The molecule has 0 unspecified atom stereocenters. The molecule has 1 aliphatic heterocycles. The predicted molar refractivity (Wildman–Crippen MR) is 132 cm³/mol. The Morgan fingerprint density at radius 2 is 1.53 bits per heavy atom. The molecule has 1 fully saturated rings. The summed E-state index contributed by atoms with van der Waals surface area (Å²) in [6.45, 7) is 1.02. The predicted octanol–water partition coefficient (Wildman–Crippen LogP) is 3.15. The van der Waals surface area contributed by atoms with Gasteiger partial charge < -0.3 is 9.64 Å². The van der Waals surface area contributed by atoms with Crippen molar-refractivity contribution in [3.05, 3.63) is 100 Å². The van der Waals surface area contributed by atoms with Crippen LogP contribution in [0.3, 0.4) is 0 Å². The van der Waals surface area contributed by atoms with Crippen LogP contribution in [0.2, 0.25) is 0 Å². The second kappa shape index (κ2) is 10.7. The molecule has 0 amide bonds. The van der Waals surface area contributed by atoms with Crippen LogP contribution >= 0.6 is 0 Å². The maximum Gasteiger partial charge on any atom is 0.338 e. The van der Waals surface area contributed by atoms with E-state index in [1.54, 1.807) is 0 Å². The second-order valence-corrected chi connectivity index (χ2v) is 10.00. The molecular formula is C25H23N3O7S. The summed E-state index contributed by atoms with van der Waals surface area (Å²) in [6.07, 6.45) is 0. The van der Waals surface area contributed by atoms with Gasteiger partial charge in [0.25, 0.3) is 5.69 Å². The molecule has 36 heavy (non-hydrogen) atoms. The van der Waals surface area contributed by atoms with E-state index in [1.165, 1.54) is 46.8 Å². The summed E-state index contributed by atoms with van der Waals surface area (Å²) >= 11 is 0. The minimum Gasteiger partial charge on any atom is -0.454 e. The maximum absolute atomic E-state index is 13.2. The van der Waals surface area contributed by atoms with Crippen LogP contribution in [0, 0.1) is 10.1 Å². The van der Waals surface area contributed by atoms with Crippen LogP contribution in [0.15, 0.2) is 83.8 Å². The second-order valence-electron chi connectivity index (χ2n) is 8.06. The lowest BCUT2D eigenvalue weighted by Gasteiger charge is -2.35. The lowest BCUT2D eigenvalue weighted by Crippen LogP contribution is -2.48. The maximum atomic E-state index is 13.2. The number of rotatable bonds is 8. The summed E-state index contributed by atoms with van der Waals surface area (Å²) in [7, 11) is -3.84. The van der Waals surface area contributed by atoms with E-state index in [0.29, 0.717) is 26.2 Å². The van der Waals surface area contributed by atoms with Crippen molar-refractivity contribution in [1.29, 1.82) is 0 Å². The van der Waals surface area contributed by atoms with Crippen LogP contribution in [0.1, 0.15) is 20.7 Å². The Balaban J connectivity index is 1.39. The van der Waals surface area contributed by atoms with Gasteiger partial charge in [-0.05, 0) is 30.3 Å². The number of anilines is 1. The number of benzene rings is 3. The van der Waals surface area contributed by atoms with Crippen molar-refractivity contribution in [2.24, 2.45) is 0 Å². The van der Waals surface area contributed by atoms with E-state index in [-0.39, 0.29) is 21.7 Å². The van der Waals surface area contributed by atoms with Crippen molar-refractivity contribution >= 4 is 33.2 Å².